The van der Waals surface area contributed by atoms with E-state index in [1.54, 1.807) is 29.9 Å². The lowest BCUT2D eigenvalue weighted by Gasteiger charge is -2.16. The average Bonchev–Trinajstić information content (AvgIpc) is 3.16. The van der Waals surface area contributed by atoms with Crippen LogP contribution >= 0.6 is 34.5 Å². The predicted molar refractivity (Wildman–Crippen MR) is 107 cm³/mol. The summed E-state index contributed by atoms with van der Waals surface area (Å²) in [7, 11) is 1.75. The van der Waals surface area contributed by atoms with Gasteiger partial charge in [0.2, 0.25) is 0 Å². The predicted octanol–water partition coefficient (Wildman–Crippen LogP) is 3.89. The molecule has 1 aromatic carbocycles. The van der Waals surface area contributed by atoms with E-state index in [2.05, 4.69) is 10.4 Å². The van der Waals surface area contributed by atoms with Gasteiger partial charge in [-0.25, -0.2) is 4.39 Å². The van der Waals surface area contributed by atoms with Gasteiger partial charge in [0.05, 0.1) is 21.8 Å². The molecule has 0 radical (unpaired) electrons. The van der Waals surface area contributed by atoms with Crippen LogP contribution in [0.15, 0.2) is 36.5 Å². The van der Waals surface area contributed by atoms with Crippen molar-refractivity contribution < 1.29 is 9.18 Å². The molecule has 5 nitrogen and oxygen atoms in total. The molecule has 0 saturated heterocycles. The van der Waals surface area contributed by atoms with E-state index >= 15 is 0 Å². The Morgan fingerprint density at radius 3 is 2.81 bits per heavy atom. The van der Waals surface area contributed by atoms with Crippen molar-refractivity contribution in [1.29, 1.82) is 0 Å². The molecule has 142 valence electrons. The highest BCUT2D eigenvalue weighted by Crippen LogP contribution is 2.38. The number of hydrogen-bond acceptors (Lipinski definition) is 4. The number of hydrogen-bond donors (Lipinski definition) is 2. The Morgan fingerprint density at radius 2 is 2.19 bits per heavy atom. The van der Waals surface area contributed by atoms with E-state index in [1.165, 1.54) is 18.3 Å². The molecule has 0 aliphatic carbocycles. The summed E-state index contributed by atoms with van der Waals surface area (Å²) in [5, 5.41) is 7.42. The zero-order chi connectivity index (χ0) is 19.6. The quantitative estimate of drug-likeness (QED) is 0.627. The van der Waals surface area contributed by atoms with E-state index in [0.717, 1.165) is 16.9 Å². The molecule has 2 aromatic heterocycles. The number of aromatic nitrogens is 2. The van der Waals surface area contributed by atoms with Crippen LogP contribution in [-0.2, 0) is 13.5 Å². The summed E-state index contributed by atoms with van der Waals surface area (Å²) in [5.74, 6) is -0.615. The molecule has 0 saturated carbocycles. The lowest BCUT2D eigenvalue weighted by atomic mass is 10.1. The molecule has 9 heteroatoms. The Labute approximate surface area is 169 Å². The monoisotopic (exact) mass is 426 g/mol. The average molecular weight is 427 g/mol. The molecule has 0 bridgehead atoms. The maximum absolute atomic E-state index is 13.3. The fourth-order valence-electron chi connectivity index (χ4n) is 2.75. The number of carbonyl (C=O) groups is 1. The number of benzene rings is 1. The highest BCUT2D eigenvalue weighted by Gasteiger charge is 2.21. The second-order valence-electron chi connectivity index (χ2n) is 6.00. The van der Waals surface area contributed by atoms with Crippen molar-refractivity contribution in [2.24, 2.45) is 12.8 Å². The van der Waals surface area contributed by atoms with Gasteiger partial charge in [0.1, 0.15) is 10.2 Å². The zero-order valence-electron chi connectivity index (χ0n) is 14.4. The molecule has 0 fully saturated rings. The van der Waals surface area contributed by atoms with E-state index in [9.17, 15) is 9.18 Å². The summed E-state index contributed by atoms with van der Waals surface area (Å²) >= 11 is 13.6. The normalized spacial score (nSPS) is 12.2. The lowest BCUT2D eigenvalue weighted by Crippen LogP contribution is -2.41. The van der Waals surface area contributed by atoms with Gasteiger partial charge in [-0.2, -0.15) is 5.10 Å². The second kappa shape index (κ2) is 8.39. The number of amides is 1. The summed E-state index contributed by atoms with van der Waals surface area (Å²) in [6.45, 7) is 0.224. The third-order valence-electron chi connectivity index (χ3n) is 4.05. The number of carbonyl (C=O) groups excluding carboxylic acids is 1. The van der Waals surface area contributed by atoms with Crippen LogP contribution in [0.25, 0.3) is 11.3 Å². The van der Waals surface area contributed by atoms with Crippen molar-refractivity contribution >= 4 is 40.4 Å². The molecule has 0 aliphatic heterocycles. The molecule has 1 atom stereocenters. The van der Waals surface area contributed by atoms with Crippen LogP contribution < -0.4 is 11.1 Å². The standard InChI is InChI=1S/C18H17Cl2FN4OS/c1-25-16(14(19)9-23-25)13-7-15(27-17(13)20)18(26)24-12(8-22)6-10-3-2-4-11(21)5-10/h2-5,7,9,12H,6,8,22H2,1H3,(H,24,26)/t12-/m1/s1. The lowest BCUT2D eigenvalue weighted by molar-refractivity contribution is 0.0942. The number of nitrogens with zero attached hydrogens (tertiary/aromatic N) is 2. The number of nitrogens with two attached hydrogens (primary N) is 1. The highest BCUT2D eigenvalue weighted by molar-refractivity contribution is 7.18. The summed E-state index contributed by atoms with van der Waals surface area (Å²) in [6.07, 6.45) is 1.95. The zero-order valence-corrected chi connectivity index (χ0v) is 16.7. The number of nitrogens with one attached hydrogen (secondary N) is 1. The van der Waals surface area contributed by atoms with Crippen LogP contribution in [0.2, 0.25) is 9.36 Å². The van der Waals surface area contributed by atoms with Gasteiger partial charge in [-0.15, -0.1) is 11.3 Å². The van der Waals surface area contributed by atoms with Gasteiger partial charge in [-0.1, -0.05) is 35.3 Å². The Bertz CT molecular complexity index is 953. The molecule has 0 unspecified atom stereocenters. The number of halogens is 3. The van der Waals surface area contributed by atoms with E-state index in [1.807, 2.05) is 0 Å². The Morgan fingerprint density at radius 1 is 1.41 bits per heavy atom. The Kier molecular flexibility index (Phi) is 6.16. The molecule has 3 aromatic rings. The number of aryl methyl sites for hydroxylation is 1. The number of rotatable bonds is 6. The molecule has 0 aliphatic rings. The van der Waals surface area contributed by atoms with Gasteiger partial charge in [-0.3, -0.25) is 9.48 Å². The molecule has 1 amide bonds. The third kappa shape index (κ3) is 4.50. The van der Waals surface area contributed by atoms with Crippen molar-refractivity contribution in [3.8, 4) is 11.3 Å². The van der Waals surface area contributed by atoms with Gasteiger partial charge in [-0.05, 0) is 30.2 Å². The van der Waals surface area contributed by atoms with E-state index in [-0.39, 0.29) is 24.3 Å². The van der Waals surface area contributed by atoms with Crippen LogP contribution in [0, 0.1) is 5.82 Å². The maximum atomic E-state index is 13.3. The van der Waals surface area contributed by atoms with E-state index in [4.69, 9.17) is 28.9 Å². The Hall–Kier alpha value is -1.93. The Balaban J connectivity index is 1.76. The topological polar surface area (TPSA) is 72.9 Å². The SMILES string of the molecule is Cn1ncc(Cl)c1-c1cc(C(=O)N[C@@H](CN)Cc2cccc(F)c2)sc1Cl. The first-order chi connectivity index (χ1) is 12.9. The molecule has 0 spiro atoms. The largest absolute Gasteiger partial charge is 0.347 e. The van der Waals surface area contributed by atoms with Crippen molar-refractivity contribution in [2.75, 3.05) is 6.54 Å². The van der Waals surface area contributed by atoms with Crippen LogP contribution in [0.3, 0.4) is 0 Å². The highest BCUT2D eigenvalue weighted by atomic mass is 35.5. The fraction of sp³-hybridized carbons (Fsp3) is 0.222. The first kappa shape index (κ1) is 19.8. The summed E-state index contributed by atoms with van der Waals surface area (Å²) in [6, 6.07) is 7.58. The summed E-state index contributed by atoms with van der Waals surface area (Å²) in [4.78, 5) is 13.1. The van der Waals surface area contributed by atoms with Crippen LogP contribution in [0.4, 0.5) is 4.39 Å². The molecule has 3 rings (SSSR count). The van der Waals surface area contributed by atoms with Crippen molar-refractivity contribution in [3.05, 3.63) is 62.1 Å². The van der Waals surface area contributed by atoms with Gasteiger partial charge in [0.25, 0.3) is 5.91 Å². The molecular weight excluding hydrogens is 410 g/mol. The van der Waals surface area contributed by atoms with Crippen LogP contribution in [-0.4, -0.2) is 28.3 Å². The molecular formula is C18H17Cl2FN4OS. The summed E-state index contributed by atoms with van der Waals surface area (Å²) < 4.78 is 15.4. The molecule has 2 heterocycles. The third-order valence-corrected chi connectivity index (χ3v) is 5.68. The summed E-state index contributed by atoms with van der Waals surface area (Å²) in [5.41, 5.74) is 7.83. The molecule has 27 heavy (non-hydrogen) atoms. The minimum atomic E-state index is -0.330. The number of thiophene rings is 1. The van der Waals surface area contributed by atoms with E-state index in [0.29, 0.717) is 31.9 Å². The van der Waals surface area contributed by atoms with Gasteiger partial charge < -0.3 is 11.1 Å². The van der Waals surface area contributed by atoms with Gasteiger partial charge in [0, 0.05) is 25.2 Å². The minimum absolute atomic E-state index is 0.224. The van der Waals surface area contributed by atoms with Crippen LogP contribution in [0.1, 0.15) is 15.2 Å². The first-order valence-electron chi connectivity index (χ1n) is 8.11. The van der Waals surface area contributed by atoms with Crippen molar-refractivity contribution in [2.45, 2.75) is 12.5 Å². The first-order valence-corrected chi connectivity index (χ1v) is 9.69. The van der Waals surface area contributed by atoms with Crippen molar-refractivity contribution in [1.82, 2.24) is 15.1 Å². The fourth-order valence-corrected chi connectivity index (χ4v) is 4.20. The van der Waals surface area contributed by atoms with Gasteiger partial charge in [0.15, 0.2) is 0 Å². The van der Waals surface area contributed by atoms with E-state index < -0.39 is 0 Å². The maximum Gasteiger partial charge on any atom is 0.261 e. The molecule has 3 N–H and O–H groups in total. The smallest absolute Gasteiger partial charge is 0.261 e. The van der Waals surface area contributed by atoms with Crippen molar-refractivity contribution in [3.63, 3.8) is 0 Å². The minimum Gasteiger partial charge on any atom is -0.347 e. The van der Waals surface area contributed by atoms with Gasteiger partial charge >= 0.3 is 0 Å². The second-order valence-corrected chi connectivity index (χ2v) is 8.06. The van der Waals surface area contributed by atoms with Crippen LogP contribution in [0.5, 0.6) is 0 Å².